The van der Waals surface area contributed by atoms with Crippen LogP contribution in [0.5, 0.6) is 0 Å². The highest BCUT2D eigenvalue weighted by Crippen LogP contribution is 2.21. The minimum absolute atomic E-state index is 0.0720. The van der Waals surface area contributed by atoms with Crippen LogP contribution in [0, 0.1) is 11.8 Å². The van der Waals surface area contributed by atoms with Crippen molar-refractivity contribution in [3.63, 3.8) is 0 Å². The number of carbonyl (C=O) groups excluding carboxylic acids is 1. The number of ether oxygens (including phenoxy) is 1. The molecule has 1 aromatic carbocycles. The van der Waals surface area contributed by atoms with Gasteiger partial charge in [0.2, 0.25) is 10.0 Å². The Morgan fingerprint density at radius 1 is 1.21 bits per heavy atom. The monoisotopic (exact) mass is 410 g/mol. The van der Waals surface area contributed by atoms with Crippen LogP contribution in [-0.4, -0.2) is 64.1 Å². The molecule has 28 heavy (non-hydrogen) atoms. The van der Waals surface area contributed by atoms with Gasteiger partial charge in [0.25, 0.3) is 5.91 Å². The highest BCUT2D eigenvalue weighted by atomic mass is 32.2. The molecule has 1 aromatic rings. The van der Waals surface area contributed by atoms with Crippen molar-refractivity contribution in [2.24, 2.45) is 11.8 Å². The van der Waals surface area contributed by atoms with Crippen LogP contribution < -0.4 is 10.2 Å². The summed E-state index contributed by atoms with van der Waals surface area (Å²) in [6, 6.07) is 6.35. The largest absolute Gasteiger partial charge is 0.379 e. The van der Waals surface area contributed by atoms with Crippen molar-refractivity contribution in [3.8, 4) is 0 Å². The fourth-order valence-electron chi connectivity index (χ4n) is 4.29. The molecule has 0 radical (unpaired) electrons. The van der Waals surface area contributed by atoms with E-state index in [2.05, 4.69) is 19.2 Å². The Morgan fingerprint density at radius 3 is 2.50 bits per heavy atom. The number of benzene rings is 1. The molecule has 2 saturated heterocycles. The summed E-state index contributed by atoms with van der Waals surface area (Å²) in [5.74, 6) is 1.14. The number of anilines is 1. The summed E-state index contributed by atoms with van der Waals surface area (Å²) in [6.45, 7) is 9.92. The molecule has 2 aliphatic rings. The second-order valence-corrected chi connectivity index (χ2v) is 10.2. The van der Waals surface area contributed by atoms with Gasteiger partial charge in [-0.3, -0.25) is 4.79 Å². The first-order valence-corrected chi connectivity index (χ1v) is 11.5. The number of hydrogen-bond acceptors (Lipinski definition) is 4. The number of likely N-dealkylation sites (tertiary alicyclic amines) is 1. The van der Waals surface area contributed by atoms with Gasteiger partial charge >= 0.3 is 0 Å². The van der Waals surface area contributed by atoms with E-state index < -0.39 is 10.0 Å². The molecule has 0 aromatic heterocycles. The van der Waals surface area contributed by atoms with Gasteiger partial charge in [-0.2, -0.15) is 4.31 Å². The summed E-state index contributed by atoms with van der Waals surface area (Å²) in [5.41, 5.74) is 0.517. The van der Waals surface area contributed by atoms with Gasteiger partial charge in [0.05, 0.1) is 31.2 Å². The predicted molar refractivity (Wildman–Crippen MR) is 108 cm³/mol. The van der Waals surface area contributed by atoms with Gasteiger partial charge in [-0.05, 0) is 31.5 Å². The summed E-state index contributed by atoms with van der Waals surface area (Å²) in [5, 5.41) is 2.92. The van der Waals surface area contributed by atoms with Crippen molar-refractivity contribution in [1.29, 1.82) is 0 Å². The third-order valence-corrected chi connectivity index (χ3v) is 7.64. The molecule has 7 nitrogen and oxygen atoms in total. The normalized spacial score (nSPS) is 27.9. The predicted octanol–water partition coefficient (Wildman–Crippen LogP) is 0.595. The molecule has 0 aliphatic carbocycles. The Balaban J connectivity index is 1.69. The van der Waals surface area contributed by atoms with Crippen LogP contribution in [0.4, 0.5) is 5.69 Å². The standard InChI is InChI=1S/C20H31N3O4S/c1-15-11-16(2)14-22(13-15)17(3)20(24)21-18-5-4-6-19(12-18)28(25,26)23-7-9-27-10-8-23/h4-6,12,15-17H,7-11,13-14H2,1-3H3,(H,21,24)/p+1/t15-,16-,17-/m0/s1. The molecular formula is C20H32N3O4S+. The van der Waals surface area contributed by atoms with Gasteiger partial charge in [-0.25, -0.2) is 8.42 Å². The molecule has 8 heteroatoms. The zero-order valence-corrected chi connectivity index (χ0v) is 17.8. The number of morpholine rings is 1. The van der Waals surface area contributed by atoms with Crippen molar-refractivity contribution < 1.29 is 22.8 Å². The summed E-state index contributed by atoms with van der Waals surface area (Å²) >= 11 is 0. The topological polar surface area (TPSA) is 80.2 Å². The Morgan fingerprint density at radius 2 is 1.86 bits per heavy atom. The van der Waals surface area contributed by atoms with Crippen molar-refractivity contribution in [1.82, 2.24) is 4.31 Å². The minimum atomic E-state index is -3.58. The van der Waals surface area contributed by atoms with Gasteiger partial charge in [0.15, 0.2) is 6.04 Å². The number of quaternary nitrogens is 1. The molecule has 1 amide bonds. The van der Waals surface area contributed by atoms with Crippen molar-refractivity contribution >= 4 is 21.6 Å². The summed E-state index contributed by atoms with van der Waals surface area (Å²) in [6.07, 6.45) is 1.21. The second-order valence-electron chi connectivity index (χ2n) is 8.27. The number of sulfonamides is 1. The van der Waals surface area contributed by atoms with Gasteiger partial charge in [-0.1, -0.05) is 19.9 Å². The summed E-state index contributed by atoms with van der Waals surface area (Å²) in [7, 11) is -3.58. The molecule has 0 bridgehead atoms. The lowest BCUT2D eigenvalue weighted by molar-refractivity contribution is -0.925. The molecule has 0 unspecified atom stereocenters. The highest BCUT2D eigenvalue weighted by Gasteiger charge is 2.33. The number of nitrogens with one attached hydrogen (secondary N) is 2. The lowest BCUT2D eigenvalue weighted by atomic mass is 9.91. The first-order valence-electron chi connectivity index (χ1n) is 10.1. The number of piperidine rings is 1. The van der Waals surface area contributed by atoms with Gasteiger partial charge < -0.3 is 15.0 Å². The maximum Gasteiger partial charge on any atom is 0.282 e. The first-order chi connectivity index (χ1) is 13.3. The minimum Gasteiger partial charge on any atom is -0.379 e. The fourth-order valence-corrected chi connectivity index (χ4v) is 5.75. The molecule has 2 fully saturated rings. The second kappa shape index (κ2) is 8.90. The molecule has 2 heterocycles. The van der Waals surface area contributed by atoms with E-state index in [9.17, 15) is 13.2 Å². The van der Waals surface area contributed by atoms with E-state index in [4.69, 9.17) is 4.74 Å². The fraction of sp³-hybridized carbons (Fsp3) is 0.650. The van der Waals surface area contributed by atoms with Crippen LogP contribution in [0.3, 0.4) is 0 Å². The van der Waals surface area contributed by atoms with E-state index >= 15 is 0 Å². The van der Waals surface area contributed by atoms with Crippen LogP contribution in [0.15, 0.2) is 29.2 Å². The zero-order valence-electron chi connectivity index (χ0n) is 17.0. The Kier molecular flexibility index (Phi) is 6.75. The molecule has 156 valence electrons. The summed E-state index contributed by atoms with van der Waals surface area (Å²) < 4.78 is 32.3. The average Bonchev–Trinajstić information content (AvgIpc) is 2.67. The number of carbonyl (C=O) groups is 1. The van der Waals surface area contributed by atoms with Crippen LogP contribution in [-0.2, 0) is 19.6 Å². The van der Waals surface area contributed by atoms with E-state index in [0.29, 0.717) is 43.8 Å². The molecule has 2 aliphatic heterocycles. The van der Waals surface area contributed by atoms with Crippen LogP contribution in [0.2, 0.25) is 0 Å². The van der Waals surface area contributed by atoms with Crippen LogP contribution >= 0.6 is 0 Å². The number of rotatable bonds is 5. The molecule has 0 saturated carbocycles. The molecule has 3 atom stereocenters. The van der Waals surface area contributed by atoms with Gasteiger partial charge in [0, 0.05) is 30.6 Å². The Hall–Kier alpha value is -1.48. The van der Waals surface area contributed by atoms with E-state index in [1.165, 1.54) is 15.6 Å². The number of hydrogen-bond donors (Lipinski definition) is 2. The lowest BCUT2D eigenvalue weighted by Gasteiger charge is -2.35. The molecule has 2 N–H and O–H groups in total. The zero-order chi connectivity index (χ0) is 20.3. The third-order valence-electron chi connectivity index (χ3n) is 5.74. The van der Waals surface area contributed by atoms with Crippen LogP contribution in [0.1, 0.15) is 27.2 Å². The average molecular weight is 411 g/mol. The maximum absolute atomic E-state index is 12.8. The van der Waals surface area contributed by atoms with E-state index in [1.54, 1.807) is 24.3 Å². The lowest BCUT2D eigenvalue weighted by Crippen LogP contribution is -3.18. The quantitative estimate of drug-likeness (QED) is 0.745. The summed E-state index contributed by atoms with van der Waals surface area (Å²) in [4.78, 5) is 14.3. The highest BCUT2D eigenvalue weighted by molar-refractivity contribution is 7.89. The van der Waals surface area contributed by atoms with Crippen molar-refractivity contribution in [2.75, 3.05) is 44.7 Å². The Bertz CT molecular complexity index is 782. The van der Waals surface area contributed by atoms with E-state index in [1.807, 2.05) is 6.92 Å². The van der Waals surface area contributed by atoms with Crippen molar-refractivity contribution in [3.05, 3.63) is 24.3 Å². The first kappa shape index (κ1) is 21.2. The van der Waals surface area contributed by atoms with E-state index in [0.717, 1.165) is 13.1 Å². The smallest absolute Gasteiger partial charge is 0.282 e. The van der Waals surface area contributed by atoms with Crippen LogP contribution in [0.25, 0.3) is 0 Å². The third kappa shape index (κ3) is 4.92. The molecule has 3 rings (SSSR count). The van der Waals surface area contributed by atoms with Gasteiger partial charge in [0.1, 0.15) is 0 Å². The van der Waals surface area contributed by atoms with Crippen molar-refractivity contribution in [2.45, 2.75) is 38.1 Å². The maximum atomic E-state index is 12.8. The molecule has 0 spiro atoms. The van der Waals surface area contributed by atoms with Gasteiger partial charge in [-0.15, -0.1) is 0 Å². The Labute approximate surface area is 168 Å². The number of amides is 1. The van der Waals surface area contributed by atoms with E-state index in [-0.39, 0.29) is 16.8 Å². The molecular weight excluding hydrogens is 378 g/mol. The SMILES string of the molecule is C[C@H]1C[C@H](C)C[NH+]([C@@H](C)C(=O)Nc2cccc(S(=O)(=O)N3CCOCC3)c2)C1. The number of nitrogens with zero attached hydrogens (tertiary/aromatic N) is 1.